The molecule has 0 radical (unpaired) electrons. The van der Waals surface area contributed by atoms with Gasteiger partial charge in [-0.25, -0.2) is 9.69 Å². The Morgan fingerprint density at radius 1 is 1.35 bits per heavy atom. The van der Waals surface area contributed by atoms with Gasteiger partial charge in [0.25, 0.3) is 0 Å². The third-order valence-corrected chi connectivity index (χ3v) is 3.06. The smallest absolute Gasteiger partial charge is 0.355 e. The average Bonchev–Trinajstić information content (AvgIpc) is 2.64. The van der Waals surface area contributed by atoms with Crippen LogP contribution in [0.25, 0.3) is 0 Å². The molecule has 0 spiro atoms. The van der Waals surface area contributed by atoms with Gasteiger partial charge in [0.05, 0.1) is 0 Å². The van der Waals surface area contributed by atoms with E-state index >= 15 is 0 Å². The highest BCUT2D eigenvalue weighted by Gasteiger charge is 2.32. The number of halogens is 1. The number of nitrogens with one attached hydrogen (secondary N) is 1. The van der Waals surface area contributed by atoms with Crippen molar-refractivity contribution in [3.8, 4) is 0 Å². The van der Waals surface area contributed by atoms with Crippen molar-refractivity contribution in [2.24, 2.45) is 9.98 Å². The lowest BCUT2D eigenvalue weighted by Gasteiger charge is -2.10. The monoisotopic (exact) mass is 292 g/mol. The lowest BCUT2D eigenvalue weighted by atomic mass is 10.2. The number of carboxylic acid groups (broad SMARTS) is 1. The van der Waals surface area contributed by atoms with Crippen molar-refractivity contribution in [1.29, 1.82) is 0 Å². The molecule has 2 N–H and O–H groups in total. The van der Waals surface area contributed by atoms with Crippen LogP contribution in [0.1, 0.15) is 0 Å². The van der Waals surface area contributed by atoms with Crippen molar-refractivity contribution in [3.05, 3.63) is 34.9 Å². The summed E-state index contributed by atoms with van der Waals surface area (Å²) in [4.78, 5) is 20.0. The van der Waals surface area contributed by atoms with E-state index in [2.05, 4.69) is 25.9 Å². The number of quaternary nitrogens is 1. The number of guanidine groups is 1. The fourth-order valence-corrected chi connectivity index (χ4v) is 2.15. The molecule has 1 aromatic rings. The van der Waals surface area contributed by atoms with Crippen molar-refractivity contribution < 1.29 is 14.8 Å². The molecule has 0 amide bonds. The number of carboxylic acids is 1. The first-order valence-corrected chi connectivity index (χ1v) is 5.70. The molecule has 2 aliphatic rings. The molecule has 1 aromatic carbocycles. The van der Waals surface area contributed by atoms with Crippen LogP contribution in [-0.2, 0) is 4.79 Å². The fourth-order valence-electron chi connectivity index (χ4n) is 1.80. The minimum absolute atomic E-state index is 0.0133. The van der Waals surface area contributed by atoms with E-state index in [4.69, 9.17) is 5.11 Å². The number of aliphatic carboxylic acids is 1. The van der Waals surface area contributed by atoms with Gasteiger partial charge in [0.15, 0.2) is 11.4 Å². The van der Waals surface area contributed by atoms with E-state index in [-0.39, 0.29) is 5.71 Å². The first-order chi connectivity index (χ1) is 8.15. The van der Waals surface area contributed by atoms with Crippen molar-refractivity contribution in [2.45, 2.75) is 0 Å². The van der Waals surface area contributed by atoms with Crippen molar-refractivity contribution >= 4 is 44.9 Å². The van der Waals surface area contributed by atoms with E-state index in [1.165, 1.54) is 6.08 Å². The van der Waals surface area contributed by atoms with Crippen molar-refractivity contribution in [1.82, 2.24) is 0 Å². The molecule has 5 nitrogen and oxygen atoms in total. The number of carbonyl (C=O) groups is 1. The van der Waals surface area contributed by atoms with Gasteiger partial charge in [-0.05, 0) is 12.1 Å². The Labute approximate surface area is 105 Å². The summed E-state index contributed by atoms with van der Waals surface area (Å²) in [5.41, 5.74) is 1.80. The highest BCUT2D eigenvalue weighted by molar-refractivity contribution is 9.10. The molecular formula is C11H7BrN3O2+. The van der Waals surface area contributed by atoms with E-state index in [1.54, 1.807) is 6.20 Å². The second-order valence-corrected chi connectivity index (χ2v) is 4.56. The summed E-state index contributed by atoms with van der Waals surface area (Å²) in [5, 5.41) is 8.87. The summed E-state index contributed by atoms with van der Waals surface area (Å²) in [7, 11) is 0. The molecule has 0 saturated heterocycles. The standard InChI is InChI=1S/C11H6BrN3O2/c12-6-1-2-9-8(5-6)14-11-13-7(10(16)17)3-4-15(9)11/h1-5H,(H,16,17)/p+1. The second-order valence-electron chi connectivity index (χ2n) is 3.65. The van der Waals surface area contributed by atoms with Crippen LogP contribution in [0.5, 0.6) is 0 Å². The maximum Gasteiger partial charge on any atom is 0.355 e. The first kappa shape index (κ1) is 10.4. The zero-order valence-corrected chi connectivity index (χ0v) is 10.1. The van der Waals surface area contributed by atoms with Gasteiger partial charge in [-0.1, -0.05) is 15.9 Å². The van der Waals surface area contributed by atoms with Gasteiger partial charge in [-0.15, -0.1) is 0 Å². The highest BCUT2D eigenvalue weighted by Crippen LogP contribution is 2.29. The van der Waals surface area contributed by atoms with Gasteiger partial charge in [-0.2, -0.15) is 9.98 Å². The van der Waals surface area contributed by atoms with E-state index < -0.39 is 5.97 Å². The zero-order valence-electron chi connectivity index (χ0n) is 8.51. The molecule has 17 heavy (non-hydrogen) atoms. The number of hydrogen-bond donors (Lipinski definition) is 2. The Hall–Kier alpha value is -1.79. The molecule has 1 atom stereocenters. The maximum absolute atomic E-state index is 10.8. The number of rotatable bonds is 1. The van der Waals surface area contributed by atoms with Crippen molar-refractivity contribution in [3.63, 3.8) is 0 Å². The average molecular weight is 293 g/mol. The van der Waals surface area contributed by atoms with Crippen LogP contribution in [0.3, 0.4) is 0 Å². The molecule has 0 bridgehead atoms. The molecule has 84 valence electrons. The minimum atomic E-state index is -1.04. The topological polar surface area (TPSA) is 66.5 Å². The van der Waals surface area contributed by atoms with Gasteiger partial charge in [-0.3, -0.25) is 0 Å². The summed E-state index contributed by atoms with van der Waals surface area (Å²) in [5.74, 6) is -0.571. The Morgan fingerprint density at radius 2 is 2.18 bits per heavy atom. The largest absolute Gasteiger partial charge is 0.477 e. The summed E-state index contributed by atoms with van der Waals surface area (Å²) < 4.78 is 0.936. The van der Waals surface area contributed by atoms with Crippen LogP contribution in [0.4, 0.5) is 11.4 Å². The second kappa shape index (κ2) is 3.61. The van der Waals surface area contributed by atoms with Crippen LogP contribution < -0.4 is 4.90 Å². The van der Waals surface area contributed by atoms with Crippen LogP contribution in [0.2, 0.25) is 0 Å². The first-order valence-electron chi connectivity index (χ1n) is 4.91. The lowest BCUT2D eigenvalue weighted by molar-refractivity contribution is -0.664. The Bertz CT molecular complexity index is 619. The van der Waals surface area contributed by atoms with Crippen LogP contribution in [0, 0.1) is 0 Å². The number of nitrogens with zero attached hydrogens (tertiary/aromatic N) is 2. The Balaban J connectivity index is 2.09. The summed E-state index contributed by atoms with van der Waals surface area (Å²) in [6.45, 7) is 0. The van der Waals surface area contributed by atoms with Crippen LogP contribution in [0.15, 0.2) is 44.9 Å². The zero-order chi connectivity index (χ0) is 12.0. The SMILES string of the molecule is O=C(O)C1=NC2=Nc3cc(Br)ccc3[NH+]2C=C1. The number of aliphatic imine (C=N–C) groups is 2. The molecule has 3 rings (SSSR count). The van der Waals surface area contributed by atoms with E-state index in [1.807, 2.05) is 18.2 Å². The Morgan fingerprint density at radius 3 is 2.94 bits per heavy atom. The summed E-state index contributed by atoms with van der Waals surface area (Å²) in [6.07, 6.45) is 3.24. The quantitative estimate of drug-likeness (QED) is 0.812. The Kier molecular flexibility index (Phi) is 2.20. The van der Waals surface area contributed by atoms with Gasteiger partial charge < -0.3 is 5.11 Å². The van der Waals surface area contributed by atoms with Crippen LogP contribution >= 0.6 is 15.9 Å². The third-order valence-electron chi connectivity index (χ3n) is 2.57. The minimum Gasteiger partial charge on any atom is -0.477 e. The van der Waals surface area contributed by atoms with E-state index in [0.717, 1.165) is 20.7 Å². The molecule has 2 aliphatic heterocycles. The number of hydrogen-bond acceptors (Lipinski definition) is 3. The van der Waals surface area contributed by atoms with E-state index in [0.29, 0.717) is 5.96 Å². The van der Waals surface area contributed by atoms with Gasteiger partial charge in [0.1, 0.15) is 11.9 Å². The normalized spacial score (nSPS) is 20.4. The molecule has 2 heterocycles. The third kappa shape index (κ3) is 1.62. The number of fused-ring (bicyclic) bond motifs is 3. The van der Waals surface area contributed by atoms with Gasteiger partial charge >= 0.3 is 11.9 Å². The summed E-state index contributed by atoms with van der Waals surface area (Å²) in [6, 6.07) is 5.75. The predicted octanol–water partition coefficient (Wildman–Crippen LogP) is 1.02. The molecule has 0 aromatic heterocycles. The molecule has 0 aliphatic carbocycles. The van der Waals surface area contributed by atoms with Gasteiger partial charge in [0.2, 0.25) is 0 Å². The lowest BCUT2D eigenvalue weighted by Crippen LogP contribution is -3.04. The van der Waals surface area contributed by atoms with E-state index in [9.17, 15) is 4.79 Å². The maximum atomic E-state index is 10.8. The fraction of sp³-hybridized carbons (Fsp3) is 0. The molecule has 0 saturated carbocycles. The highest BCUT2D eigenvalue weighted by atomic mass is 79.9. The molecule has 1 unspecified atom stereocenters. The predicted molar refractivity (Wildman–Crippen MR) is 66.1 cm³/mol. The molecule has 0 fully saturated rings. The molecule has 6 heteroatoms. The molecular weight excluding hydrogens is 286 g/mol. The van der Waals surface area contributed by atoms with Crippen LogP contribution in [-0.4, -0.2) is 22.7 Å². The summed E-state index contributed by atoms with van der Waals surface area (Å²) >= 11 is 3.37. The van der Waals surface area contributed by atoms with Crippen molar-refractivity contribution in [2.75, 3.05) is 0 Å². The van der Waals surface area contributed by atoms with Gasteiger partial charge in [0, 0.05) is 16.6 Å². The number of benzene rings is 1.